The van der Waals surface area contributed by atoms with Gasteiger partial charge < -0.3 is 10.2 Å². The maximum Gasteiger partial charge on any atom is 0.246 e. The third-order valence-corrected chi connectivity index (χ3v) is 10.2. The average molecular weight is 469 g/mol. The third kappa shape index (κ3) is 3.83. The molecule has 1 aromatic rings. The normalized spacial score (nSPS) is 39.6. The fourth-order valence-electron chi connectivity index (χ4n) is 8.19. The molecule has 5 heteroatoms. The first kappa shape index (κ1) is 23.0. The molecule has 2 amide bonds. The maximum atomic E-state index is 12.9. The molecule has 1 aromatic carbocycles. The summed E-state index contributed by atoms with van der Waals surface area (Å²) in [6, 6.07) is 8.39. The van der Waals surface area contributed by atoms with Gasteiger partial charge in [-0.3, -0.25) is 9.59 Å². The first-order valence-corrected chi connectivity index (χ1v) is 13.1. The molecule has 0 unspecified atom stereocenters. The predicted molar refractivity (Wildman–Crippen MR) is 132 cm³/mol. The van der Waals surface area contributed by atoms with E-state index in [9.17, 15) is 9.59 Å². The molecular weight excluding hydrogens is 432 g/mol. The number of benzene rings is 1. The van der Waals surface area contributed by atoms with Crippen LogP contribution < -0.4 is 5.32 Å². The summed E-state index contributed by atoms with van der Waals surface area (Å²) in [6.07, 6.45) is 12.2. The predicted octanol–water partition coefficient (Wildman–Crippen LogP) is 5.40. The molecule has 5 rings (SSSR count). The lowest BCUT2D eigenvalue weighted by atomic mass is 9.48. The number of fused-ring (bicyclic) bond motifs is 5. The topological polar surface area (TPSA) is 49.4 Å². The summed E-state index contributed by atoms with van der Waals surface area (Å²) in [6.45, 7) is 4.82. The highest BCUT2D eigenvalue weighted by atomic mass is 35.5. The van der Waals surface area contributed by atoms with Crippen molar-refractivity contribution in [2.75, 3.05) is 7.05 Å². The quantitative estimate of drug-likeness (QED) is 0.643. The van der Waals surface area contributed by atoms with Gasteiger partial charge in [0.1, 0.15) is 0 Å². The Morgan fingerprint density at radius 1 is 1.15 bits per heavy atom. The van der Waals surface area contributed by atoms with Crippen molar-refractivity contribution in [2.24, 2.45) is 28.6 Å². The molecule has 1 aliphatic heterocycles. The number of nitrogens with one attached hydrogen (secondary N) is 1. The number of nitrogens with zero attached hydrogens (tertiary/aromatic N) is 1. The van der Waals surface area contributed by atoms with Gasteiger partial charge >= 0.3 is 0 Å². The van der Waals surface area contributed by atoms with Gasteiger partial charge in [0.05, 0.1) is 0 Å². The number of aryl methyl sites for hydroxylation is 1. The molecule has 7 atom stereocenters. The van der Waals surface area contributed by atoms with E-state index in [0.29, 0.717) is 30.2 Å². The van der Waals surface area contributed by atoms with Gasteiger partial charge in [-0.2, -0.15) is 0 Å². The highest BCUT2D eigenvalue weighted by Gasteiger charge is 2.60. The van der Waals surface area contributed by atoms with Crippen LogP contribution in [0.25, 0.3) is 0 Å². The first-order chi connectivity index (χ1) is 15.7. The number of amides is 2. The number of hydrogen-bond acceptors (Lipinski definition) is 2. The SMILES string of the molecule is CN1C(=O)C=C[C@]2(C)[C@H]3CC[C@]4(C)[C@@H](NC(=O)CCc5cccc(Cl)c5)CC[C@H]4[C@@H]3CC[C@@H]12. The van der Waals surface area contributed by atoms with Crippen LogP contribution in [0.5, 0.6) is 0 Å². The number of likely N-dealkylation sites (N-methyl/N-ethyl adjacent to an activating group) is 1. The Morgan fingerprint density at radius 2 is 1.97 bits per heavy atom. The summed E-state index contributed by atoms with van der Waals surface area (Å²) in [5.74, 6) is 2.28. The standard InChI is InChI=1S/C28H37ClN2O2/c1-27-15-13-22-20(8-11-24-28(22,2)16-14-26(33)31(24)3)21(27)9-10-23(27)30-25(32)12-7-18-5-4-6-19(29)17-18/h4-6,14,16-17,20-24H,7-13,15H2,1-3H3,(H,30,32)/t20-,21-,22-,23-,24+,27-,28+/m0/s1. The van der Waals surface area contributed by atoms with Gasteiger partial charge in [-0.1, -0.05) is 43.7 Å². The molecule has 3 saturated carbocycles. The second-order valence-corrected chi connectivity index (χ2v) is 11.9. The second-order valence-electron chi connectivity index (χ2n) is 11.5. The Hall–Kier alpha value is -1.81. The van der Waals surface area contributed by atoms with E-state index in [2.05, 4.69) is 25.2 Å². The van der Waals surface area contributed by atoms with Crippen molar-refractivity contribution in [3.63, 3.8) is 0 Å². The molecule has 1 heterocycles. The zero-order chi connectivity index (χ0) is 23.4. The Morgan fingerprint density at radius 3 is 2.76 bits per heavy atom. The number of carbonyl (C=O) groups is 2. The van der Waals surface area contributed by atoms with Gasteiger partial charge in [0.25, 0.3) is 0 Å². The fraction of sp³-hybridized carbons (Fsp3) is 0.643. The van der Waals surface area contributed by atoms with E-state index >= 15 is 0 Å². The number of halogens is 1. The number of rotatable bonds is 4. The summed E-state index contributed by atoms with van der Waals surface area (Å²) >= 11 is 6.09. The van der Waals surface area contributed by atoms with Crippen molar-refractivity contribution in [1.82, 2.24) is 10.2 Å². The highest BCUT2D eigenvalue weighted by Crippen LogP contribution is 2.63. The largest absolute Gasteiger partial charge is 0.353 e. The van der Waals surface area contributed by atoms with Crippen LogP contribution in [0.3, 0.4) is 0 Å². The van der Waals surface area contributed by atoms with Crippen molar-refractivity contribution in [1.29, 1.82) is 0 Å². The molecule has 4 aliphatic rings. The van der Waals surface area contributed by atoms with Gasteiger partial charge in [-0.25, -0.2) is 0 Å². The van der Waals surface area contributed by atoms with Crippen molar-refractivity contribution in [3.8, 4) is 0 Å². The van der Waals surface area contributed by atoms with Crippen LogP contribution in [0.1, 0.15) is 64.4 Å². The Kier molecular flexibility index (Phi) is 5.87. The molecule has 4 nitrogen and oxygen atoms in total. The van der Waals surface area contributed by atoms with Crippen LogP contribution >= 0.6 is 11.6 Å². The van der Waals surface area contributed by atoms with E-state index in [1.54, 1.807) is 0 Å². The van der Waals surface area contributed by atoms with E-state index in [1.807, 2.05) is 42.3 Å². The van der Waals surface area contributed by atoms with Crippen molar-refractivity contribution in [2.45, 2.75) is 77.3 Å². The molecule has 1 N–H and O–H groups in total. The number of hydrogen-bond donors (Lipinski definition) is 1. The van der Waals surface area contributed by atoms with Gasteiger partial charge in [0.15, 0.2) is 0 Å². The van der Waals surface area contributed by atoms with Gasteiger partial charge in [0, 0.05) is 36.0 Å². The molecular formula is C28H37ClN2O2. The Labute approximate surface area is 203 Å². The lowest BCUT2D eigenvalue weighted by Crippen LogP contribution is -2.60. The average Bonchev–Trinajstić information content (AvgIpc) is 3.11. The maximum absolute atomic E-state index is 12.9. The minimum atomic E-state index is 0.0746. The molecule has 0 aromatic heterocycles. The molecule has 178 valence electrons. The second kappa shape index (κ2) is 8.45. The van der Waals surface area contributed by atoms with E-state index in [1.165, 1.54) is 19.3 Å². The Bertz CT molecular complexity index is 976. The van der Waals surface area contributed by atoms with Crippen LogP contribution in [0.4, 0.5) is 0 Å². The van der Waals surface area contributed by atoms with Gasteiger partial charge in [0.2, 0.25) is 11.8 Å². The van der Waals surface area contributed by atoms with Crippen LogP contribution in [0.15, 0.2) is 36.4 Å². The van der Waals surface area contributed by atoms with E-state index in [4.69, 9.17) is 11.6 Å². The van der Waals surface area contributed by atoms with Gasteiger partial charge in [-0.05, 0) is 91.9 Å². The molecule has 0 bridgehead atoms. The van der Waals surface area contributed by atoms with Crippen LogP contribution in [0, 0.1) is 28.6 Å². The Balaban J connectivity index is 1.26. The molecule has 3 aliphatic carbocycles. The minimum absolute atomic E-state index is 0.0746. The zero-order valence-corrected chi connectivity index (χ0v) is 20.9. The first-order valence-electron chi connectivity index (χ1n) is 12.7. The molecule has 0 saturated heterocycles. The minimum Gasteiger partial charge on any atom is -0.353 e. The molecule has 0 radical (unpaired) electrons. The van der Waals surface area contributed by atoms with E-state index in [-0.39, 0.29) is 28.7 Å². The molecule has 3 fully saturated rings. The lowest BCUT2D eigenvalue weighted by molar-refractivity contribution is -0.138. The van der Waals surface area contributed by atoms with E-state index in [0.717, 1.165) is 36.3 Å². The highest BCUT2D eigenvalue weighted by molar-refractivity contribution is 6.30. The zero-order valence-electron chi connectivity index (χ0n) is 20.1. The fourth-order valence-corrected chi connectivity index (χ4v) is 8.41. The molecule has 33 heavy (non-hydrogen) atoms. The molecule has 0 spiro atoms. The summed E-state index contributed by atoms with van der Waals surface area (Å²) in [5.41, 5.74) is 1.36. The summed E-state index contributed by atoms with van der Waals surface area (Å²) in [5, 5.41) is 4.16. The van der Waals surface area contributed by atoms with Crippen LogP contribution in [-0.2, 0) is 16.0 Å². The van der Waals surface area contributed by atoms with Crippen LogP contribution in [0.2, 0.25) is 5.02 Å². The van der Waals surface area contributed by atoms with Crippen molar-refractivity contribution >= 4 is 23.4 Å². The smallest absolute Gasteiger partial charge is 0.246 e. The third-order valence-electron chi connectivity index (χ3n) is 9.99. The monoisotopic (exact) mass is 468 g/mol. The lowest BCUT2D eigenvalue weighted by Gasteiger charge is -2.60. The summed E-state index contributed by atoms with van der Waals surface area (Å²) in [7, 11) is 1.98. The summed E-state index contributed by atoms with van der Waals surface area (Å²) in [4.78, 5) is 27.1. The van der Waals surface area contributed by atoms with Crippen molar-refractivity contribution in [3.05, 3.63) is 47.0 Å². The van der Waals surface area contributed by atoms with Crippen molar-refractivity contribution < 1.29 is 9.59 Å². The summed E-state index contributed by atoms with van der Waals surface area (Å²) < 4.78 is 0. The van der Waals surface area contributed by atoms with Gasteiger partial charge in [-0.15, -0.1) is 0 Å². The number of carbonyl (C=O) groups excluding carboxylic acids is 2. The van der Waals surface area contributed by atoms with Crippen LogP contribution in [-0.4, -0.2) is 35.8 Å². The van der Waals surface area contributed by atoms with E-state index < -0.39 is 0 Å².